The zero-order chi connectivity index (χ0) is 17.1. The molecule has 2 aromatic carbocycles. The summed E-state index contributed by atoms with van der Waals surface area (Å²) in [6.45, 7) is 2.44. The Morgan fingerprint density at radius 1 is 1.00 bits per heavy atom. The van der Waals surface area contributed by atoms with Gasteiger partial charge in [0.15, 0.2) is 5.82 Å². The third-order valence-corrected chi connectivity index (χ3v) is 4.77. The van der Waals surface area contributed by atoms with Gasteiger partial charge in [0.05, 0.1) is 17.7 Å². The van der Waals surface area contributed by atoms with E-state index in [9.17, 15) is 0 Å². The van der Waals surface area contributed by atoms with Crippen LogP contribution in [0.5, 0.6) is 0 Å². The second-order valence-corrected chi connectivity index (χ2v) is 6.43. The second kappa shape index (κ2) is 6.86. The lowest BCUT2D eigenvalue weighted by Gasteiger charge is -2.05. The van der Waals surface area contributed by atoms with Gasteiger partial charge in [-0.15, -0.1) is 11.3 Å². The summed E-state index contributed by atoms with van der Waals surface area (Å²) >= 11 is 1.50. The molecule has 2 heterocycles. The summed E-state index contributed by atoms with van der Waals surface area (Å²) in [6, 6.07) is 18.6. The van der Waals surface area contributed by atoms with Crippen LogP contribution < -0.4 is 5.32 Å². The summed E-state index contributed by atoms with van der Waals surface area (Å²) in [7, 11) is 0. The van der Waals surface area contributed by atoms with Crippen LogP contribution in [0.15, 0.2) is 64.6 Å². The number of rotatable bonds is 5. The Bertz CT molecular complexity index is 961. The van der Waals surface area contributed by atoms with Crippen molar-refractivity contribution in [1.82, 2.24) is 15.1 Å². The van der Waals surface area contributed by atoms with Gasteiger partial charge >= 0.3 is 0 Å². The maximum atomic E-state index is 5.32. The van der Waals surface area contributed by atoms with Crippen LogP contribution in [0.1, 0.15) is 11.5 Å². The molecule has 0 saturated carbocycles. The minimum atomic E-state index is 0.506. The van der Waals surface area contributed by atoms with Crippen LogP contribution in [0.4, 0.5) is 5.69 Å². The van der Waals surface area contributed by atoms with Crippen molar-refractivity contribution in [3.8, 4) is 21.9 Å². The van der Waals surface area contributed by atoms with Crippen LogP contribution in [0, 0.1) is 6.92 Å². The average molecular weight is 348 g/mol. The molecular weight excluding hydrogens is 332 g/mol. The van der Waals surface area contributed by atoms with Crippen LogP contribution in [0.25, 0.3) is 21.9 Å². The number of thiazole rings is 1. The van der Waals surface area contributed by atoms with Gasteiger partial charge < -0.3 is 9.84 Å². The molecule has 4 aromatic rings. The molecule has 5 nitrogen and oxygen atoms in total. The van der Waals surface area contributed by atoms with Crippen LogP contribution in [-0.4, -0.2) is 15.1 Å². The Hall–Kier alpha value is -2.99. The van der Waals surface area contributed by atoms with E-state index in [4.69, 9.17) is 4.52 Å². The Kier molecular flexibility index (Phi) is 4.26. The predicted octanol–water partition coefficient (Wildman–Crippen LogP) is 4.78. The molecule has 0 unspecified atom stereocenters. The number of nitrogens with one attached hydrogen (secondary N) is 1. The maximum Gasteiger partial charge on any atom is 0.269 e. The maximum absolute atomic E-state index is 5.32. The minimum absolute atomic E-state index is 0.506. The van der Waals surface area contributed by atoms with E-state index < -0.39 is 0 Å². The van der Waals surface area contributed by atoms with Gasteiger partial charge in [0.2, 0.25) is 0 Å². The van der Waals surface area contributed by atoms with Crippen LogP contribution in [0.3, 0.4) is 0 Å². The smallest absolute Gasteiger partial charge is 0.269 e. The molecule has 25 heavy (non-hydrogen) atoms. The number of aromatic nitrogens is 3. The van der Waals surface area contributed by atoms with E-state index in [2.05, 4.69) is 56.8 Å². The van der Waals surface area contributed by atoms with E-state index in [0.717, 1.165) is 16.3 Å². The highest BCUT2D eigenvalue weighted by Gasteiger charge is 2.13. The van der Waals surface area contributed by atoms with Crippen molar-refractivity contribution < 1.29 is 4.52 Å². The van der Waals surface area contributed by atoms with E-state index in [1.807, 2.05) is 25.1 Å². The molecule has 0 spiro atoms. The lowest BCUT2D eigenvalue weighted by atomic mass is 10.1. The summed E-state index contributed by atoms with van der Waals surface area (Å²) < 4.78 is 5.32. The number of anilines is 1. The van der Waals surface area contributed by atoms with E-state index >= 15 is 0 Å². The van der Waals surface area contributed by atoms with Crippen molar-refractivity contribution in [2.75, 3.05) is 5.32 Å². The van der Waals surface area contributed by atoms with Gasteiger partial charge in [-0.05, 0) is 30.2 Å². The fraction of sp³-hybridized carbons (Fsp3) is 0.105. The number of benzene rings is 2. The first-order valence-electron chi connectivity index (χ1n) is 7.92. The molecule has 6 heteroatoms. The fourth-order valence-electron chi connectivity index (χ4n) is 2.52. The summed E-state index contributed by atoms with van der Waals surface area (Å²) in [5, 5.41) is 7.34. The normalized spacial score (nSPS) is 10.8. The fourth-order valence-corrected chi connectivity index (χ4v) is 3.24. The van der Waals surface area contributed by atoms with Crippen LogP contribution in [-0.2, 0) is 6.54 Å². The lowest BCUT2D eigenvalue weighted by molar-refractivity contribution is 0.424. The molecule has 0 amide bonds. The molecule has 124 valence electrons. The molecule has 0 bridgehead atoms. The van der Waals surface area contributed by atoms with Crippen molar-refractivity contribution in [2.45, 2.75) is 13.5 Å². The van der Waals surface area contributed by atoms with Crippen molar-refractivity contribution in [3.63, 3.8) is 0 Å². The topological polar surface area (TPSA) is 63.8 Å². The number of hydrogen-bond donors (Lipinski definition) is 1. The molecule has 0 aliphatic carbocycles. The number of nitrogens with zero attached hydrogens (tertiary/aromatic N) is 3. The molecule has 0 radical (unpaired) electrons. The van der Waals surface area contributed by atoms with E-state index in [0.29, 0.717) is 18.3 Å². The Morgan fingerprint density at radius 2 is 1.76 bits per heavy atom. The number of hydrogen-bond acceptors (Lipinski definition) is 6. The average Bonchev–Trinajstić information content (AvgIpc) is 3.30. The predicted molar refractivity (Wildman–Crippen MR) is 99.3 cm³/mol. The summed E-state index contributed by atoms with van der Waals surface area (Å²) in [5.41, 5.74) is 6.09. The Morgan fingerprint density at radius 3 is 2.48 bits per heavy atom. The molecule has 0 aliphatic heterocycles. The molecule has 2 aromatic heterocycles. The Balaban J connectivity index is 1.42. The lowest BCUT2D eigenvalue weighted by Crippen LogP contribution is -2.01. The zero-order valence-corrected chi connectivity index (χ0v) is 14.5. The van der Waals surface area contributed by atoms with Crippen molar-refractivity contribution in [2.24, 2.45) is 0 Å². The van der Waals surface area contributed by atoms with Gasteiger partial charge in [-0.25, -0.2) is 4.98 Å². The SMILES string of the molecule is Cc1ncsc1-c1nc(CNc2ccc(-c3ccccc3)cc2)no1. The van der Waals surface area contributed by atoms with Crippen molar-refractivity contribution in [3.05, 3.63) is 71.6 Å². The monoisotopic (exact) mass is 348 g/mol. The summed E-state index contributed by atoms with van der Waals surface area (Å²) in [6.07, 6.45) is 0. The molecule has 1 N–H and O–H groups in total. The van der Waals surface area contributed by atoms with E-state index in [1.165, 1.54) is 22.5 Å². The van der Waals surface area contributed by atoms with Crippen LogP contribution >= 0.6 is 11.3 Å². The summed E-state index contributed by atoms with van der Waals surface area (Å²) in [4.78, 5) is 9.55. The van der Waals surface area contributed by atoms with Crippen molar-refractivity contribution >= 4 is 17.0 Å². The minimum Gasteiger partial charge on any atom is -0.378 e. The first-order valence-corrected chi connectivity index (χ1v) is 8.80. The molecular formula is C19H16N4OS. The molecule has 0 atom stereocenters. The molecule has 4 rings (SSSR count). The van der Waals surface area contributed by atoms with Gasteiger partial charge in [-0.2, -0.15) is 4.98 Å². The first-order chi connectivity index (χ1) is 12.3. The van der Waals surface area contributed by atoms with Gasteiger partial charge in [0, 0.05) is 5.69 Å². The molecule has 0 fully saturated rings. The number of aryl methyl sites for hydroxylation is 1. The van der Waals surface area contributed by atoms with E-state index in [-0.39, 0.29) is 0 Å². The largest absolute Gasteiger partial charge is 0.378 e. The standard InChI is InChI=1S/C19H16N4OS/c1-13-18(25-12-21-13)19-22-17(23-24-19)11-20-16-9-7-15(8-10-16)14-5-3-2-4-6-14/h2-10,12,20H,11H2,1H3. The third-order valence-electron chi connectivity index (χ3n) is 3.85. The molecule has 0 aliphatic rings. The quantitative estimate of drug-likeness (QED) is 0.562. The zero-order valence-electron chi connectivity index (χ0n) is 13.6. The van der Waals surface area contributed by atoms with Gasteiger partial charge in [-0.1, -0.05) is 47.6 Å². The van der Waals surface area contributed by atoms with Crippen LogP contribution in [0.2, 0.25) is 0 Å². The highest BCUT2D eigenvalue weighted by molar-refractivity contribution is 7.13. The highest BCUT2D eigenvalue weighted by Crippen LogP contribution is 2.25. The molecule has 0 saturated heterocycles. The first kappa shape index (κ1) is 15.5. The van der Waals surface area contributed by atoms with Gasteiger partial charge in [0.1, 0.15) is 4.88 Å². The third kappa shape index (κ3) is 3.44. The summed E-state index contributed by atoms with van der Waals surface area (Å²) in [5.74, 6) is 1.14. The second-order valence-electron chi connectivity index (χ2n) is 5.58. The van der Waals surface area contributed by atoms with Crippen molar-refractivity contribution in [1.29, 1.82) is 0 Å². The van der Waals surface area contributed by atoms with Gasteiger partial charge in [-0.3, -0.25) is 0 Å². The van der Waals surface area contributed by atoms with E-state index in [1.54, 1.807) is 5.51 Å². The Labute approximate surface area is 149 Å². The highest BCUT2D eigenvalue weighted by atomic mass is 32.1. The van der Waals surface area contributed by atoms with Gasteiger partial charge in [0.25, 0.3) is 5.89 Å².